The van der Waals surface area contributed by atoms with E-state index in [0.29, 0.717) is 5.56 Å². The summed E-state index contributed by atoms with van der Waals surface area (Å²) in [7, 11) is 1.23. The molecule has 0 radical (unpaired) electrons. The largest absolute Gasteiger partial charge is 0.481 e. The summed E-state index contributed by atoms with van der Waals surface area (Å²) in [6.45, 7) is 0. The van der Waals surface area contributed by atoms with Crippen LogP contribution in [0.15, 0.2) is 24.3 Å². The first kappa shape index (κ1) is 14.7. The molecule has 6 heteroatoms. The van der Waals surface area contributed by atoms with Crippen molar-refractivity contribution < 1.29 is 29.3 Å². The second-order valence-electron chi connectivity index (χ2n) is 3.99. The minimum Gasteiger partial charge on any atom is -0.481 e. The van der Waals surface area contributed by atoms with Crippen molar-refractivity contribution in [1.29, 1.82) is 0 Å². The number of esters is 1. The summed E-state index contributed by atoms with van der Waals surface area (Å²) in [5.74, 6) is -4.05. The van der Waals surface area contributed by atoms with Crippen molar-refractivity contribution in [2.45, 2.75) is 12.8 Å². The molecule has 0 amide bonds. The van der Waals surface area contributed by atoms with E-state index in [1.807, 2.05) is 0 Å². The highest BCUT2D eigenvalue weighted by molar-refractivity contribution is 5.91. The van der Waals surface area contributed by atoms with Crippen LogP contribution in [-0.4, -0.2) is 35.2 Å². The molecule has 1 rings (SSSR count). The summed E-state index contributed by atoms with van der Waals surface area (Å²) in [6.07, 6.45) is -0.530. The van der Waals surface area contributed by atoms with E-state index in [-0.39, 0.29) is 12.0 Å². The van der Waals surface area contributed by atoms with Gasteiger partial charge in [-0.3, -0.25) is 9.59 Å². The first-order valence-corrected chi connectivity index (χ1v) is 5.56. The quantitative estimate of drug-likeness (QED) is 0.750. The first-order valence-electron chi connectivity index (χ1n) is 5.56. The van der Waals surface area contributed by atoms with Gasteiger partial charge in [-0.1, -0.05) is 18.2 Å². The van der Waals surface area contributed by atoms with Crippen molar-refractivity contribution in [3.63, 3.8) is 0 Å². The Morgan fingerprint density at radius 3 is 2.37 bits per heavy atom. The van der Waals surface area contributed by atoms with Gasteiger partial charge in [-0.05, 0) is 18.1 Å². The highest BCUT2D eigenvalue weighted by Crippen LogP contribution is 2.17. The third-order valence-electron chi connectivity index (χ3n) is 2.66. The van der Waals surface area contributed by atoms with Crippen LogP contribution < -0.4 is 0 Å². The number of hydrogen-bond acceptors (Lipinski definition) is 4. The van der Waals surface area contributed by atoms with Gasteiger partial charge >= 0.3 is 17.9 Å². The van der Waals surface area contributed by atoms with Gasteiger partial charge in [0, 0.05) is 0 Å². The number of carbonyl (C=O) groups excluding carboxylic acids is 1. The summed E-state index contributed by atoms with van der Waals surface area (Å²) >= 11 is 0. The third kappa shape index (κ3) is 4.09. The fourth-order valence-electron chi connectivity index (χ4n) is 1.73. The average Bonchev–Trinajstić information content (AvgIpc) is 2.37. The molecule has 0 saturated heterocycles. The van der Waals surface area contributed by atoms with E-state index in [2.05, 4.69) is 4.74 Å². The Labute approximate surface area is 109 Å². The maximum atomic E-state index is 11.5. The van der Waals surface area contributed by atoms with Gasteiger partial charge in [0.1, 0.15) is 0 Å². The molecule has 1 atom stereocenters. The lowest BCUT2D eigenvalue weighted by Gasteiger charge is -2.12. The standard InChI is InChI=1S/C13H14O6/c1-19-13(18)10-5-3-2-4-8(10)6-9(12(16)17)7-11(14)15/h2-5,9H,6-7H2,1H3,(H,14,15)(H,16,17). The van der Waals surface area contributed by atoms with Crippen LogP contribution in [0.1, 0.15) is 22.3 Å². The van der Waals surface area contributed by atoms with E-state index in [1.54, 1.807) is 18.2 Å². The Balaban J connectivity index is 2.99. The molecule has 0 aromatic heterocycles. The zero-order valence-electron chi connectivity index (χ0n) is 10.3. The topological polar surface area (TPSA) is 101 Å². The summed E-state index contributed by atoms with van der Waals surface area (Å²) in [6, 6.07) is 6.38. The predicted octanol–water partition coefficient (Wildman–Crippen LogP) is 1.19. The summed E-state index contributed by atoms with van der Waals surface area (Å²) in [5, 5.41) is 17.7. The molecule has 0 spiro atoms. The Bertz CT molecular complexity index is 494. The highest BCUT2D eigenvalue weighted by Gasteiger charge is 2.23. The number of aliphatic carboxylic acids is 2. The van der Waals surface area contributed by atoms with Gasteiger partial charge in [0.25, 0.3) is 0 Å². The van der Waals surface area contributed by atoms with E-state index >= 15 is 0 Å². The minimum atomic E-state index is -1.21. The monoisotopic (exact) mass is 266 g/mol. The van der Waals surface area contributed by atoms with Crippen LogP contribution in [0.5, 0.6) is 0 Å². The van der Waals surface area contributed by atoms with Crippen molar-refractivity contribution in [1.82, 2.24) is 0 Å². The van der Waals surface area contributed by atoms with Gasteiger partial charge in [0.2, 0.25) is 0 Å². The zero-order valence-corrected chi connectivity index (χ0v) is 10.3. The van der Waals surface area contributed by atoms with E-state index < -0.39 is 30.2 Å². The third-order valence-corrected chi connectivity index (χ3v) is 2.66. The Morgan fingerprint density at radius 1 is 1.21 bits per heavy atom. The molecule has 0 heterocycles. The van der Waals surface area contributed by atoms with Crippen LogP contribution in [0.25, 0.3) is 0 Å². The van der Waals surface area contributed by atoms with Crippen molar-refractivity contribution in [2.75, 3.05) is 7.11 Å². The molecular formula is C13H14O6. The molecule has 0 aliphatic carbocycles. The smallest absolute Gasteiger partial charge is 0.338 e. The van der Waals surface area contributed by atoms with E-state index in [9.17, 15) is 14.4 Å². The second-order valence-corrected chi connectivity index (χ2v) is 3.99. The summed E-state index contributed by atoms with van der Waals surface area (Å²) in [4.78, 5) is 33.2. The molecule has 1 aromatic carbocycles. The van der Waals surface area contributed by atoms with E-state index in [1.165, 1.54) is 13.2 Å². The molecule has 1 aromatic rings. The number of methoxy groups -OCH3 is 1. The van der Waals surface area contributed by atoms with Gasteiger partial charge in [-0.25, -0.2) is 4.79 Å². The summed E-state index contributed by atoms with van der Waals surface area (Å²) < 4.78 is 4.60. The minimum absolute atomic E-state index is 0.0348. The Kier molecular flexibility index (Phi) is 5.05. The van der Waals surface area contributed by atoms with Crippen LogP contribution in [0.4, 0.5) is 0 Å². The second kappa shape index (κ2) is 6.53. The molecule has 2 N–H and O–H groups in total. The normalized spacial score (nSPS) is 11.6. The SMILES string of the molecule is COC(=O)c1ccccc1CC(CC(=O)O)C(=O)O. The predicted molar refractivity (Wildman–Crippen MR) is 64.9 cm³/mol. The van der Waals surface area contributed by atoms with E-state index in [0.717, 1.165) is 0 Å². The fourth-order valence-corrected chi connectivity index (χ4v) is 1.73. The maximum absolute atomic E-state index is 11.5. The Hall–Kier alpha value is -2.37. The van der Waals surface area contributed by atoms with Gasteiger partial charge < -0.3 is 14.9 Å². The molecule has 0 aliphatic heterocycles. The molecule has 0 bridgehead atoms. The molecule has 19 heavy (non-hydrogen) atoms. The van der Waals surface area contributed by atoms with Crippen molar-refractivity contribution in [3.8, 4) is 0 Å². The molecule has 0 saturated carbocycles. The lowest BCUT2D eigenvalue weighted by atomic mass is 9.93. The average molecular weight is 266 g/mol. The van der Waals surface area contributed by atoms with Gasteiger partial charge in [-0.2, -0.15) is 0 Å². The molecule has 0 fully saturated rings. The number of rotatable bonds is 6. The first-order chi connectivity index (χ1) is 8.95. The van der Waals surface area contributed by atoms with Crippen molar-refractivity contribution in [3.05, 3.63) is 35.4 Å². The number of carboxylic acids is 2. The highest BCUT2D eigenvalue weighted by atomic mass is 16.5. The number of hydrogen-bond donors (Lipinski definition) is 2. The van der Waals surface area contributed by atoms with Gasteiger partial charge in [-0.15, -0.1) is 0 Å². The van der Waals surface area contributed by atoms with Gasteiger partial charge in [0.15, 0.2) is 0 Å². The summed E-state index contributed by atoms with van der Waals surface area (Å²) in [5.41, 5.74) is 0.713. The Morgan fingerprint density at radius 2 is 1.84 bits per heavy atom. The van der Waals surface area contributed by atoms with Crippen LogP contribution >= 0.6 is 0 Å². The fraction of sp³-hybridized carbons (Fsp3) is 0.308. The van der Waals surface area contributed by atoms with E-state index in [4.69, 9.17) is 10.2 Å². The van der Waals surface area contributed by atoms with Crippen LogP contribution in [0.2, 0.25) is 0 Å². The van der Waals surface area contributed by atoms with Crippen LogP contribution in [0.3, 0.4) is 0 Å². The van der Waals surface area contributed by atoms with Crippen LogP contribution in [-0.2, 0) is 20.7 Å². The molecule has 0 aliphatic rings. The lowest BCUT2D eigenvalue weighted by Crippen LogP contribution is -2.21. The number of benzene rings is 1. The molecule has 6 nitrogen and oxygen atoms in total. The van der Waals surface area contributed by atoms with Crippen molar-refractivity contribution >= 4 is 17.9 Å². The van der Waals surface area contributed by atoms with Crippen molar-refractivity contribution in [2.24, 2.45) is 5.92 Å². The number of ether oxygens (including phenoxy) is 1. The van der Waals surface area contributed by atoms with Crippen LogP contribution in [0, 0.1) is 5.92 Å². The molecular weight excluding hydrogens is 252 g/mol. The molecule has 102 valence electrons. The number of carboxylic acid groups (broad SMARTS) is 2. The maximum Gasteiger partial charge on any atom is 0.338 e. The molecule has 1 unspecified atom stereocenters. The zero-order chi connectivity index (χ0) is 14.4. The lowest BCUT2D eigenvalue weighted by molar-refractivity contribution is -0.148. The number of carbonyl (C=O) groups is 3. The van der Waals surface area contributed by atoms with Gasteiger partial charge in [0.05, 0.1) is 25.0 Å².